The standard InChI is InChI=1S/C10H17NOS/c1-3-4-9(12)5-6-10-7-11-8(2)13-10/h7,9,12H,3-6H2,1-2H3. The number of aliphatic hydroxyl groups excluding tert-OH is 1. The molecule has 1 rings (SSSR count). The molecule has 1 unspecified atom stereocenters. The Balaban J connectivity index is 2.26. The monoisotopic (exact) mass is 199 g/mol. The van der Waals surface area contributed by atoms with Gasteiger partial charge >= 0.3 is 0 Å². The molecule has 0 saturated heterocycles. The largest absolute Gasteiger partial charge is 0.393 e. The fraction of sp³-hybridized carbons (Fsp3) is 0.700. The second kappa shape index (κ2) is 5.35. The van der Waals surface area contributed by atoms with Gasteiger partial charge < -0.3 is 5.11 Å². The lowest BCUT2D eigenvalue weighted by Crippen LogP contribution is -2.06. The van der Waals surface area contributed by atoms with Crippen molar-refractivity contribution in [2.75, 3.05) is 0 Å². The van der Waals surface area contributed by atoms with Crippen molar-refractivity contribution >= 4 is 11.3 Å². The molecule has 0 spiro atoms. The number of aliphatic hydroxyl groups is 1. The van der Waals surface area contributed by atoms with E-state index in [0.717, 1.165) is 30.7 Å². The van der Waals surface area contributed by atoms with Crippen LogP contribution in [0, 0.1) is 6.92 Å². The highest BCUT2D eigenvalue weighted by Gasteiger charge is 2.04. The molecule has 0 radical (unpaired) electrons. The highest BCUT2D eigenvalue weighted by Crippen LogP contribution is 2.15. The summed E-state index contributed by atoms with van der Waals surface area (Å²) in [6.07, 6.45) is 5.59. The molecule has 0 aromatic carbocycles. The number of rotatable bonds is 5. The molecule has 0 aliphatic rings. The highest BCUT2D eigenvalue weighted by molar-refractivity contribution is 7.11. The maximum atomic E-state index is 9.50. The minimum atomic E-state index is -0.132. The van der Waals surface area contributed by atoms with Crippen LogP contribution in [-0.2, 0) is 6.42 Å². The SMILES string of the molecule is CCCC(O)CCc1cnc(C)s1. The van der Waals surface area contributed by atoms with Crippen molar-refractivity contribution in [1.82, 2.24) is 4.98 Å². The van der Waals surface area contributed by atoms with E-state index >= 15 is 0 Å². The number of aromatic nitrogens is 1. The van der Waals surface area contributed by atoms with E-state index in [-0.39, 0.29) is 6.10 Å². The second-order valence-corrected chi connectivity index (χ2v) is 4.65. The highest BCUT2D eigenvalue weighted by atomic mass is 32.1. The number of nitrogens with zero attached hydrogens (tertiary/aromatic N) is 1. The fourth-order valence-corrected chi connectivity index (χ4v) is 2.12. The van der Waals surface area contributed by atoms with Crippen molar-refractivity contribution in [3.63, 3.8) is 0 Å². The van der Waals surface area contributed by atoms with Crippen LogP contribution in [0.25, 0.3) is 0 Å². The predicted molar refractivity (Wildman–Crippen MR) is 56.1 cm³/mol. The summed E-state index contributed by atoms with van der Waals surface area (Å²) >= 11 is 1.73. The molecule has 0 aliphatic heterocycles. The van der Waals surface area contributed by atoms with Crippen LogP contribution in [0.5, 0.6) is 0 Å². The minimum absolute atomic E-state index is 0.132. The second-order valence-electron chi connectivity index (χ2n) is 3.33. The first-order valence-electron chi connectivity index (χ1n) is 4.81. The maximum Gasteiger partial charge on any atom is 0.0896 e. The van der Waals surface area contributed by atoms with Gasteiger partial charge in [0.25, 0.3) is 0 Å². The van der Waals surface area contributed by atoms with Crippen molar-refractivity contribution in [1.29, 1.82) is 0 Å². The molecule has 0 bridgehead atoms. The Bertz CT molecular complexity index is 247. The first-order valence-corrected chi connectivity index (χ1v) is 5.63. The molecule has 0 amide bonds. The smallest absolute Gasteiger partial charge is 0.0896 e. The minimum Gasteiger partial charge on any atom is -0.393 e. The van der Waals surface area contributed by atoms with Gasteiger partial charge in [0.15, 0.2) is 0 Å². The summed E-state index contributed by atoms with van der Waals surface area (Å²) in [5, 5.41) is 10.6. The summed E-state index contributed by atoms with van der Waals surface area (Å²) in [5.41, 5.74) is 0. The Hall–Kier alpha value is -0.410. The Kier molecular flexibility index (Phi) is 4.39. The summed E-state index contributed by atoms with van der Waals surface area (Å²) in [6.45, 7) is 4.11. The third-order valence-electron chi connectivity index (χ3n) is 2.02. The van der Waals surface area contributed by atoms with Crippen LogP contribution in [0.3, 0.4) is 0 Å². The van der Waals surface area contributed by atoms with Crippen LogP contribution in [0.15, 0.2) is 6.20 Å². The van der Waals surface area contributed by atoms with Gasteiger partial charge in [0.05, 0.1) is 11.1 Å². The lowest BCUT2D eigenvalue weighted by molar-refractivity contribution is 0.154. The van der Waals surface area contributed by atoms with Crippen molar-refractivity contribution in [2.45, 2.75) is 45.6 Å². The number of hydrogen-bond acceptors (Lipinski definition) is 3. The quantitative estimate of drug-likeness (QED) is 0.790. The Morgan fingerprint density at radius 3 is 2.85 bits per heavy atom. The van der Waals surface area contributed by atoms with E-state index in [4.69, 9.17) is 0 Å². The van der Waals surface area contributed by atoms with Crippen molar-refractivity contribution in [3.05, 3.63) is 16.1 Å². The van der Waals surface area contributed by atoms with Crippen LogP contribution >= 0.6 is 11.3 Å². The predicted octanol–water partition coefficient (Wildman–Crippen LogP) is 2.55. The molecule has 1 heterocycles. The average Bonchev–Trinajstić information content (AvgIpc) is 2.49. The van der Waals surface area contributed by atoms with Gasteiger partial charge in [-0.1, -0.05) is 13.3 Å². The lowest BCUT2D eigenvalue weighted by atomic mass is 10.1. The molecule has 13 heavy (non-hydrogen) atoms. The molecule has 1 aromatic rings. The molecule has 3 heteroatoms. The third kappa shape index (κ3) is 3.87. The van der Waals surface area contributed by atoms with Crippen molar-refractivity contribution < 1.29 is 5.11 Å². The summed E-state index contributed by atoms with van der Waals surface area (Å²) in [4.78, 5) is 5.46. The zero-order valence-electron chi connectivity index (χ0n) is 8.29. The fourth-order valence-electron chi connectivity index (χ4n) is 1.31. The van der Waals surface area contributed by atoms with Crippen LogP contribution in [0.4, 0.5) is 0 Å². The van der Waals surface area contributed by atoms with E-state index in [1.165, 1.54) is 4.88 Å². The van der Waals surface area contributed by atoms with Gasteiger partial charge in [-0.2, -0.15) is 0 Å². The van der Waals surface area contributed by atoms with E-state index in [0.29, 0.717) is 0 Å². The van der Waals surface area contributed by atoms with Crippen molar-refractivity contribution in [3.8, 4) is 0 Å². The van der Waals surface area contributed by atoms with Gasteiger partial charge in [-0.15, -0.1) is 11.3 Å². The summed E-state index contributed by atoms with van der Waals surface area (Å²) in [6, 6.07) is 0. The van der Waals surface area contributed by atoms with Crippen LogP contribution in [0.1, 0.15) is 36.1 Å². The number of hydrogen-bond donors (Lipinski definition) is 1. The van der Waals surface area contributed by atoms with Crippen LogP contribution in [0.2, 0.25) is 0 Å². The molecular weight excluding hydrogens is 182 g/mol. The molecule has 74 valence electrons. The van der Waals surface area contributed by atoms with E-state index < -0.39 is 0 Å². The zero-order valence-corrected chi connectivity index (χ0v) is 9.10. The van der Waals surface area contributed by atoms with E-state index in [2.05, 4.69) is 11.9 Å². The normalized spacial score (nSPS) is 13.2. The molecule has 1 atom stereocenters. The Labute approximate surface area is 83.6 Å². The van der Waals surface area contributed by atoms with Gasteiger partial charge in [-0.25, -0.2) is 4.98 Å². The first-order chi connectivity index (χ1) is 6.22. The zero-order chi connectivity index (χ0) is 9.68. The summed E-state index contributed by atoms with van der Waals surface area (Å²) in [7, 11) is 0. The topological polar surface area (TPSA) is 33.1 Å². The van der Waals surface area contributed by atoms with Gasteiger partial charge in [0, 0.05) is 11.1 Å². The van der Waals surface area contributed by atoms with Gasteiger partial charge in [0.2, 0.25) is 0 Å². The van der Waals surface area contributed by atoms with E-state index in [1.54, 1.807) is 11.3 Å². The summed E-state index contributed by atoms with van der Waals surface area (Å²) < 4.78 is 0. The van der Waals surface area contributed by atoms with Gasteiger partial charge in [0.1, 0.15) is 0 Å². The summed E-state index contributed by atoms with van der Waals surface area (Å²) in [5.74, 6) is 0. The molecule has 2 nitrogen and oxygen atoms in total. The molecule has 1 aromatic heterocycles. The van der Waals surface area contributed by atoms with Gasteiger partial charge in [-0.05, 0) is 26.2 Å². The molecule has 0 fully saturated rings. The van der Waals surface area contributed by atoms with E-state index in [1.807, 2.05) is 13.1 Å². The molecule has 0 aliphatic carbocycles. The Morgan fingerprint density at radius 1 is 1.54 bits per heavy atom. The lowest BCUT2D eigenvalue weighted by Gasteiger charge is -2.06. The third-order valence-corrected chi connectivity index (χ3v) is 2.99. The van der Waals surface area contributed by atoms with Crippen molar-refractivity contribution in [2.24, 2.45) is 0 Å². The Morgan fingerprint density at radius 2 is 2.31 bits per heavy atom. The van der Waals surface area contributed by atoms with Crippen LogP contribution in [-0.4, -0.2) is 16.2 Å². The number of thiazole rings is 1. The molecule has 1 N–H and O–H groups in total. The molecule has 0 saturated carbocycles. The van der Waals surface area contributed by atoms with Crippen LogP contribution < -0.4 is 0 Å². The maximum absolute atomic E-state index is 9.50. The average molecular weight is 199 g/mol. The van der Waals surface area contributed by atoms with E-state index in [9.17, 15) is 5.11 Å². The first kappa shape index (κ1) is 10.7. The molecular formula is C10H17NOS. The van der Waals surface area contributed by atoms with Gasteiger partial charge in [-0.3, -0.25) is 0 Å². The number of aryl methyl sites for hydroxylation is 2.